The van der Waals surface area contributed by atoms with Crippen LogP contribution in [0.4, 0.5) is 0 Å². The fourth-order valence-electron chi connectivity index (χ4n) is 1.50. The predicted octanol–water partition coefficient (Wildman–Crippen LogP) is -1.15. The summed E-state index contributed by atoms with van der Waals surface area (Å²) in [6, 6.07) is -0.517. The van der Waals surface area contributed by atoms with Gasteiger partial charge in [0.1, 0.15) is 6.04 Å². The number of nitrogens with zero attached hydrogens (tertiary/aromatic N) is 1. The third-order valence-corrected chi connectivity index (χ3v) is 2.21. The standard InChI is InChI=1S/C9H15N3O2/c1-2-3-8(13)12-5-4-11-6-7(12)9(10)14/h2,7,11H,1,3-6H2,(H2,10,14). The van der Waals surface area contributed by atoms with Crippen LogP contribution in [0.5, 0.6) is 0 Å². The summed E-state index contributed by atoms with van der Waals surface area (Å²) in [7, 11) is 0. The average molecular weight is 197 g/mol. The number of rotatable bonds is 3. The molecule has 5 nitrogen and oxygen atoms in total. The highest BCUT2D eigenvalue weighted by Gasteiger charge is 2.29. The van der Waals surface area contributed by atoms with Gasteiger partial charge in [-0.1, -0.05) is 6.08 Å². The number of amides is 2. The van der Waals surface area contributed by atoms with Crippen molar-refractivity contribution in [3.8, 4) is 0 Å². The molecule has 0 spiro atoms. The zero-order valence-corrected chi connectivity index (χ0v) is 8.03. The number of hydrogen-bond donors (Lipinski definition) is 2. The van der Waals surface area contributed by atoms with E-state index in [2.05, 4.69) is 11.9 Å². The van der Waals surface area contributed by atoms with Crippen LogP contribution >= 0.6 is 0 Å². The SMILES string of the molecule is C=CCC(=O)N1CCNCC1C(N)=O. The Bertz CT molecular complexity index is 252. The summed E-state index contributed by atoms with van der Waals surface area (Å²) in [5.74, 6) is -0.556. The highest BCUT2D eigenvalue weighted by Crippen LogP contribution is 2.05. The summed E-state index contributed by atoms with van der Waals surface area (Å²) in [5.41, 5.74) is 5.19. The van der Waals surface area contributed by atoms with E-state index in [4.69, 9.17) is 5.73 Å². The molecule has 1 rings (SSSR count). The lowest BCUT2D eigenvalue weighted by molar-refractivity contribution is -0.139. The maximum atomic E-state index is 11.5. The molecule has 1 aliphatic rings. The van der Waals surface area contributed by atoms with Crippen molar-refractivity contribution in [2.24, 2.45) is 5.73 Å². The number of nitrogens with one attached hydrogen (secondary N) is 1. The average Bonchev–Trinajstić information content (AvgIpc) is 2.18. The molecule has 1 fully saturated rings. The van der Waals surface area contributed by atoms with Crippen molar-refractivity contribution in [1.29, 1.82) is 0 Å². The van der Waals surface area contributed by atoms with Crippen molar-refractivity contribution < 1.29 is 9.59 Å². The van der Waals surface area contributed by atoms with Crippen molar-refractivity contribution in [1.82, 2.24) is 10.2 Å². The van der Waals surface area contributed by atoms with Crippen molar-refractivity contribution in [3.63, 3.8) is 0 Å². The Kier molecular flexibility index (Phi) is 3.64. The largest absolute Gasteiger partial charge is 0.368 e. The Morgan fingerprint density at radius 2 is 2.36 bits per heavy atom. The van der Waals surface area contributed by atoms with Crippen LogP contribution in [0.1, 0.15) is 6.42 Å². The van der Waals surface area contributed by atoms with Gasteiger partial charge < -0.3 is 16.0 Å². The molecule has 1 saturated heterocycles. The van der Waals surface area contributed by atoms with Crippen LogP contribution in [0.25, 0.3) is 0 Å². The first-order valence-corrected chi connectivity index (χ1v) is 4.57. The second-order valence-electron chi connectivity index (χ2n) is 3.20. The first kappa shape index (κ1) is 10.7. The third kappa shape index (κ3) is 2.32. The molecule has 0 saturated carbocycles. The highest BCUT2D eigenvalue weighted by molar-refractivity contribution is 5.87. The first-order chi connectivity index (χ1) is 6.66. The van der Waals surface area contributed by atoms with Crippen LogP contribution in [-0.2, 0) is 9.59 Å². The number of piperazine rings is 1. The molecule has 0 aliphatic carbocycles. The molecular formula is C9H15N3O2. The summed E-state index contributed by atoms with van der Waals surface area (Å²) in [6.45, 7) is 5.16. The van der Waals surface area contributed by atoms with E-state index >= 15 is 0 Å². The summed E-state index contributed by atoms with van der Waals surface area (Å²) >= 11 is 0. The van der Waals surface area contributed by atoms with Gasteiger partial charge in [-0.15, -0.1) is 6.58 Å². The number of nitrogens with two attached hydrogens (primary N) is 1. The number of carbonyl (C=O) groups is 2. The molecule has 1 aliphatic heterocycles. The topological polar surface area (TPSA) is 75.4 Å². The third-order valence-electron chi connectivity index (χ3n) is 2.21. The Morgan fingerprint density at radius 3 is 2.93 bits per heavy atom. The van der Waals surface area contributed by atoms with Crippen LogP contribution in [0.15, 0.2) is 12.7 Å². The smallest absolute Gasteiger partial charge is 0.241 e. The molecule has 0 bridgehead atoms. The van der Waals surface area contributed by atoms with E-state index in [1.54, 1.807) is 0 Å². The van der Waals surface area contributed by atoms with E-state index in [1.165, 1.54) is 11.0 Å². The highest BCUT2D eigenvalue weighted by atomic mass is 16.2. The van der Waals surface area contributed by atoms with Crippen LogP contribution < -0.4 is 11.1 Å². The van der Waals surface area contributed by atoms with E-state index in [0.29, 0.717) is 19.6 Å². The molecule has 3 N–H and O–H groups in total. The summed E-state index contributed by atoms with van der Waals surface area (Å²) in [6.07, 6.45) is 1.78. The number of hydrogen-bond acceptors (Lipinski definition) is 3. The maximum absolute atomic E-state index is 11.5. The molecule has 0 aromatic carbocycles. The summed E-state index contributed by atoms with van der Waals surface area (Å²) < 4.78 is 0. The van der Waals surface area contributed by atoms with Gasteiger partial charge in [0.25, 0.3) is 0 Å². The fraction of sp³-hybridized carbons (Fsp3) is 0.556. The minimum atomic E-state index is -0.517. The van der Waals surface area contributed by atoms with Crippen LogP contribution in [-0.4, -0.2) is 42.4 Å². The molecular weight excluding hydrogens is 182 g/mol. The first-order valence-electron chi connectivity index (χ1n) is 4.57. The van der Waals surface area contributed by atoms with Crippen LogP contribution in [0.2, 0.25) is 0 Å². The van der Waals surface area contributed by atoms with E-state index in [0.717, 1.165) is 0 Å². The van der Waals surface area contributed by atoms with Crippen molar-refractivity contribution in [2.45, 2.75) is 12.5 Å². The monoisotopic (exact) mass is 197 g/mol. The normalized spacial score (nSPS) is 21.7. The van der Waals surface area contributed by atoms with Gasteiger partial charge in [0.15, 0.2) is 0 Å². The van der Waals surface area contributed by atoms with Gasteiger partial charge in [0, 0.05) is 26.1 Å². The molecule has 0 aromatic heterocycles. The minimum absolute atomic E-state index is 0.0923. The van der Waals surface area contributed by atoms with E-state index in [1.807, 2.05) is 0 Å². The van der Waals surface area contributed by atoms with Gasteiger partial charge in [-0.3, -0.25) is 9.59 Å². The van der Waals surface area contributed by atoms with Gasteiger partial charge in [-0.05, 0) is 0 Å². The van der Waals surface area contributed by atoms with E-state index in [9.17, 15) is 9.59 Å². The zero-order chi connectivity index (χ0) is 10.6. The van der Waals surface area contributed by atoms with Crippen molar-refractivity contribution in [3.05, 3.63) is 12.7 Å². The lowest BCUT2D eigenvalue weighted by atomic mass is 10.1. The van der Waals surface area contributed by atoms with Gasteiger partial charge in [0.05, 0.1) is 0 Å². The lowest BCUT2D eigenvalue weighted by Crippen LogP contribution is -2.58. The maximum Gasteiger partial charge on any atom is 0.241 e. The molecule has 14 heavy (non-hydrogen) atoms. The second-order valence-corrected chi connectivity index (χ2v) is 3.20. The van der Waals surface area contributed by atoms with Crippen LogP contribution in [0.3, 0.4) is 0 Å². The minimum Gasteiger partial charge on any atom is -0.368 e. The van der Waals surface area contributed by atoms with E-state index in [-0.39, 0.29) is 12.3 Å². The lowest BCUT2D eigenvalue weighted by Gasteiger charge is -2.33. The molecule has 1 unspecified atom stereocenters. The molecule has 0 aromatic rings. The van der Waals surface area contributed by atoms with Gasteiger partial charge in [-0.25, -0.2) is 0 Å². The fourth-order valence-corrected chi connectivity index (χ4v) is 1.50. The molecule has 1 heterocycles. The summed E-state index contributed by atoms with van der Waals surface area (Å²) in [4.78, 5) is 24.1. The molecule has 2 amide bonds. The van der Waals surface area contributed by atoms with Crippen molar-refractivity contribution in [2.75, 3.05) is 19.6 Å². The van der Waals surface area contributed by atoms with Crippen LogP contribution in [0, 0.1) is 0 Å². The summed E-state index contributed by atoms with van der Waals surface area (Å²) in [5, 5.41) is 3.02. The van der Waals surface area contributed by atoms with Gasteiger partial charge >= 0.3 is 0 Å². The number of carbonyl (C=O) groups excluding carboxylic acids is 2. The predicted molar refractivity (Wildman–Crippen MR) is 52.4 cm³/mol. The van der Waals surface area contributed by atoms with Crippen molar-refractivity contribution >= 4 is 11.8 Å². The molecule has 1 atom stereocenters. The quantitative estimate of drug-likeness (QED) is 0.561. The molecule has 0 radical (unpaired) electrons. The van der Waals surface area contributed by atoms with Gasteiger partial charge in [-0.2, -0.15) is 0 Å². The Balaban J connectivity index is 2.66. The molecule has 5 heteroatoms. The Labute approximate surface area is 82.9 Å². The number of primary amides is 1. The molecule has 78 valence electrons. The zero-order valence-electron chi connectivity index (χ0n) is 8.03. The van der Waals surface area contributed by atoms with E-state index < -0.39 is 11.9 Å². The Hall–Kier alpha value is -1.36. The van der Waals surface area contributed by atoms with Gasteiger partial charge in [0.2, 0.25) is 11.8 Å². The second kappa shape index (κ2) is 4.76. The Morgan fingerprint density at radius 1 is 1.64 bits per heavy atom.